The molecule has 166 valence electrons. The highest BCUT2D eigenvalue weighted by atomic mass is 35.5. The van der Waals surface area contributed by atoms with Crippen molar-refractivity contribution in [1.29, 1.82) is 0 Å². The number of halogens is 1. The Morgan fingerprint density at radius 2 is 1.94 bits per heavy atom. The summed E-state index contributed by atoms with van der Waals surface area (Å²) in [6.45, 7) is 2.23. The highest BCUT2D eigenvalue weighted by Gasteiger charge is 2.22. The van der Waals surface area contributed by atoms with Crippen LogP contribution in [0.25, 0.3) is 0 Å². The van der Waals surface area contributed by atoms with Gasteiger partial charge in [0.2, 0.25) is 5.91 Å². The summed E-state index contributed by atoms with van der Waals surface area (Å²) >= 11 is 6.11. The number of hydrogen-bond donors (Lipinski definition) is 2. The number of nitrogens with one attached hydrogen (secondary N) is 2. The maximum Gasteiger partial charge on any atom is 0.223 e. The Hall–Kier alpha value is -2.96. The van der Waals surface area contributed by atoms with Crippen LogP contribution in [0.4, 0.5) is 0 Å². The van der Waals surface area contributed by atoms with E-state index in [1.54, 1.807) is 24.5 Å². The van der Waals surface area contributed by atoms with Crippen LogP contribution >= 0.6 is 11.6 Å². The summed E-state index contributed by atoms with van der Waals surface area (Å²) in [5.41, 5.74) is 2.65. The molecule has 3 heterocycles. The third kappa shape index (κ3) is 5.44. The Balaban J connectivity index is 1.60. The Kier molecular flexibility index (Phi) is 7.35. The van der Waals surface area contributed by atoms with E-state index in [2.05, 4.69) is 20.2 Å². The first-order valence-electron chi connectivity index (χ1n) is 11.0. The van der Waals surface area contributed by atoms with Gasteiger partial charge in [-0.15, -0.1) is 0 Å². The summed E-state index contributed by atoms with van der Waals surface area (Å²) in [6.07, 6.45) is 5.84. The largest absolute Gasteiger partial charge is 0.355 e. The van der Waals surface area contributed by atoms with E-state index >= 15 is 0 Å². The first-order valence-corrected chi connectivity index (χ1v) is 11.4. The zero-order chi connectivity index (χ0) is 22.3. The van der Waals surface area contributed by atoms with Gasteiger partial charge in [-0.3, -0.25) is 14.6 Å². The highest BCUT2D eigenvalue weighted by Crippen LogP contribution is 2.27. The fraction of sp³-hybridized carbons (Fsp3) is 0.320. The van der Waals surface area contributed by atoms with Crippen molar-refractivity contribution < 1.29 is 4.79 Å². The minimum absolute atomic E-state index is 0.0585. The van der Waals surface area contributed by atoms with E-state index in [9.17, 15) is 9.59 Å². The van der Waals surface area contributed by atoms with Crippen LogP contribution in [0.1, 0.15) is 35.8 Å². The molecule has 0 saturated carbocycles. The van der Waals surface area contributed by atoms with Crippen molar-refractivity contribution in [2.45, 2.75) is 25.3 Å². The Morgan fingerprint density at radius 1 is 1.16 bits per heavy atom. The van der Waals surface area contributed by atoms with Crippen LogP contribution in [0.15, 0.2) is 71.8 Å². The topological polar surface area (TPSA) is 76.0 Å². The van der Waals surface area contributed by atoms with E-state index in [-0.39, 0.29) is 23.3 Å². The van der Waals surface area contributed by atoms with E-state index in [0.29, 0.717) is 18.0 Å². The second kappa shape index (κ2) is 10.6. The van der Waals surface area contributed by atoms with Crippen LogP contribution in [0.3, 0.4) is 0 Å². The van der Waals surface area contributed by atoms with Crippen LogP contribution in [-0.2, 0) is 11.2 Å². The SMILES string of the molecule is O=C(NCCc1cc(=O)ccn1[C@@H](c1ccc(Cl)cc1)c1ccccn1)C1CCNCC1. The molecule has 0 radical (unpaired) electrons. The predicted octanol–water partition coefficient (Wildman–Crippen LogP) is 3.19. The number of nitrogens with zero attached hydrogens (tertiary/aromatic N) is 2. The van der Waals surface area contributed by atoms with Gasteiger partial charge in [-0.25, -0.2) is 0 Å². The summed E-state index contributed by atoms with van der Waals surface area (Å²) in [6, 6.07) is 16.4. The minimum Gasteiger partial charge on any atom is -0.355 e. The van der Waals surface area contributed by atoms with Crippen molar-refractivity contribution >= 4 is 17.5 Å². The molecule has 2 aromatic heterocycles. The molecule has 1 fully saturated rings. The summed E-state index contributed by atoms with van der Waals surface area (Å²) in [5, 5.41) is 7.00. The molecular formula is C25H27ClN4O2. The maximum atomic E-state index is 12.5. The molecule has 32 heavy (non-hydrogen) atoms. The van der Waals surface area contributed by atoms with Gasteiger partial charge in [0, 0.05) is 54.1 Å². The molecule has 7 heteroatoms. The molecule has 4 rings (SSSR count). The standard InChI is InChI=1S/C25H27ClN4O2/c26-20-6-4-18(5-7-20)24(23-3-1-2-12-28-23)30-16-11-22(31)17-21(30)10-15-29-25(32)19-8-13-27-14-9-19/h1-7,11-12,16-17,19,24,27H,8-10,13-15H2,(H,29,32)/t24-/m0/s1. The van der Waals surface area contributed by atoms with Crippen LogP contribution < -0.4 is 16.1 Å². The molecular weight excluding hydrogens is 424 g/mol. The fourth-order valence-corrected chi connectivity index (χ4v) is 4.31. The highest BCUT2D eigenvalue weighted by molar-refractivity contribution is 6.30. The van der Waals surface area contributed by atoms with E-state index in [4.69, 9.17) is 11.6 Å². The van der Waals surface area contributed by atoms with Crippen LogP contribution in [-0.4, -0.2) is 35.1 Å². The minimum atomic E-state index is -0.218. The summed E-state index contributed by atoms with van der Waals surface area (Å²) in [7, 11) is 0. The van der Waals surface area contributed by atoms with Gasteiger partial charge >= 0.3 is 0 Å². The van der Waals surface area contributed by atoms with Crippen LogP contribution in [0.5, 0.6) is 0 Å². The normalized spacial score (nSPS) is 15.3. The monoisotopic (exact) mass is 450 g/mol. The maximum absolute atomic E-state index is 12.5. The fourth-order valence-electron chi connectivity index (χ4n) is 4.19. The molecule has 1 aromatic carbocycles. The molecule has 1 amide bonds. The molecule has 6 nitrogen and oxygen atoms in total. The van der Waals surface area contributed by atoms with Crippen molar-refractivity contribution in [2.24, 2.45) is 5.92 Å². The number of benzene rings is 1. The van der Waals surface area contributed by atoms with Crippen LogP contribution in [0, 0.1) is 5.92 Å². The van der Waals surface area contributed by atoms with Crippen molar-refractivity contribution in [3.63, 3.8) is 0 Å². The summed E-state index contributed by atoms with van der Waals surface area (Å²) < 4.78 is 2.06. The first-order chi connectivity index (χ1) is 15.6. The molecule has 3 aromatic rings. The third-order valence-corrected chi connectivity index (χ3v) is 6.11. The van der Waals surface area contributed by atoms with Gasteiger partial charge in [-0.05, 0) is 55.8 Å². The van der Waals surface area contributed by atoms with Crippen LogP contribution in [0.2, 0.25) is 5.02 Å². The molecule has 0 unspecified atom stereocenters. The Labute approximate surface area is 192 Å². The smallest absolute Gasteiger partial charge is 0.223 e. The van der Waals surface area contributed by atoms with Gasteiger partial charge in [-0.2, -0.15) is 0 Å². The van der Waals surface area contributed by atoms with Crippen molar-refractivity contribution in [2.75, 3.05) is 19.6 Å². The molecule has 0 aliphatic carbocycles. The van der Waals surface area contributed by atoms with Gasteiger partial charge in [0.25, 0.3) is 0 Å². The number of amides is 1. The van der Waals surface area contributed by atoms with E-state index < -0.39 is 0 Å². The predicted molar refractivity (Wildman–Crippen MR) is 126 cm³/mol. The summed E-state index contributed by atoms with van der Waals surface area (Å²) in [5.74, 6) is 0.153. The average Bonchev–Trinajstić information content (AvgIpc) is 2.83. The van der Waals surface area contributed by atoms with Crippen molar-refractivity contribution in [3.05, 3.63) is 99.2 Å². The van der Waals surface area contributed by atoms with Crippen molar-refractivity contribution in [1.82, 2.24) is 20.2 Å². The second-order valence-corrected chi connectivity index (χ2v) is 8.47. The number of pyridine rings is 2. The van der Waals surface area contributed by atoms with E-state index in [1.807, 2.05) is 42.5 Å². The van der Waals surface area contributed by atoms with Gasteiger partial charge in [0.1, 0.15) is 6.04 Å². The molecule has 1 aliphatic rings. The molecule has 0 bridgehead atoms. The number of carbonyl (C=O) groups excluding carboxylic acids is 1. The molecule has 0 spiro atoms. The molecule has 1 saturated heterocycles. The number of hydrogen-bond acceptors (Lipinski definition) is 4. The molecule has 2 N–H and O–H groups in total. The van der Waals surface area contributed by atoms with E-state index in [1.165, 1.54) is 0 Å². The lowest BCUT2D eigenvalue weighted by molar-refractivity contribution is -0.125. The lowest BCUT2D eigenvalue weighted by Gasteiger charge is -2.25. The number of piperidine rings is 1. The lowest BCUT2D eigenvalue weighted by atomic mass is 9.97. The third-order valence-electron chi connectivity index (χ3n) is 5.86. The van der Waals surface area contributed by atoms with Gasteiger partial charge in [-0.1, -0.05) is 29.8 Å². The van der Waals surface area contributed by atoms with Gasteiger partial charge in [0.05, 0.1) is 5.69 Å². The van der Waals surface area contributed by atoms with Gasteiger partial charge in [0.15, 0.2) is 5.43 Å². The number of carbonyl (C=O) groups is 1. The quantitative estimate of drug-likeness (QED) is 0.579. The number of rotatable bonds is 7. The number of aromatic nitrogens is 2. The Bertz CT molecular complexity index is 1090. The zero-order valence-corrected chi connectivity index (χ0v) is 18.6. The van der Waals surface area contributed by atoms with E-state index in [0.717, 1.165) is 42.9 Å². The lowest BCUT2D eigenvalue weighted by Crippen LogP contribution is -2.39. The van der Waals surface area contributed by atoms with Gasteiger partial charge < -0.3 is 15.2 Å². The average molecular weight is 451 g/mol. The summed E-state index contributed by atoms with van der Waals surface area (Å²) in [4.78, 5) is 29.3. The molecule has 1 atom stereocenters. The zero-order valence-electron chi connectivity index (χ0n) is 17.8. The second-order valence-electron chi connectivity index (χ2n) is 8.04. The molecule has 1 aliphatic heterocycles. The Morgan fingerprint density at radius 3 is 2.66 bits per heavy atom. The first kappa shape index (κ1) is 22.2. The van der Waals surface area contributed by atoms with Crippen molar-refractivity contribution in [3.8, 4) is 0 Å².